The second-order valence-corrected chi connectivity index (χ2v) is 7.40. The van der Waals surface area contributed by atoms with E-state index in [-0.39, 0.29) is 10.6 Å². The average molecular weight is 492 g/mol. The molecular weight excluding hydrogens is 466 g/mol. The van der Waals surface area contributed by atoms with Crippen LogP contribution in [0.3, 0.4) is 0 Å². The Morgan fingerprint density at radius 2 is 1.75 bits per heavy atom. The molecule has 0 saturated heterocycles. The number of aromatic nitrogens is 3. The van der Waals surface area contributed by atoms with Crippen LogP contribution in [0, 0.1) is 10.1 Å². The zero-order chi connectivity index (χ0) is 25.9. The summed E-state index contributed by atoms with van der Waals surface area (Å²) in [5, 5.41) is 15.9. The van der Waals surface area contributed by atoms with Gasteiger partial charge in [-0.25, -0.2) is 4.52 Å². The molecule has 2 aromatic heterocycles. The normalized spacial score (nSPS) is 12.9. The molecule has 1 aliphatic rings. The van der Waals surface area contributed by atoms with Gasteiger partial charge in [-0.15, -0.1) is 0 Å². The minimum Gasteiger partial charge on any atom is -0.492 e. The predicted octanol–water partition coefficient (Wildman–Crippen LogP) is 3.60. The number of ether oxygens (including phenoxy) is 2. The first kappa shape index (κ1) is 25.8. The van der Waals surface area contributed by atoms with Gasteiger partial charge < -0.3 is 24.0 Å². The Balaban J connectivity index is 0.000000861. The number of fused-ring (bicyclic) bond motifs is 4. The summed E-state index contributed by atoms with van der Waals surface area (Å²) in [6.07, 6.45) is 4.26. The van der Waals surface area contributed by atoms with E-state index in [0.29, 0.717) is 55.7 Å². The lowest BCUT2D eigenvalue weighted by atomic mass is 10.1. The molecule has 36 heavy (non-hydrogen) atoms. The fraction of sp³-hybridized carbons (Fsp3) is 0.200. The van der Waals surface area contributed by atoms with E-state index in [2.05, 4.69) is 10.1 Å². The van der Waals surface area contributed by atoms with Gasteiger partial charge in [0.15, 0.2) is 5.65 Å². The maximum absolute atomic E-state index is 11.5. The van der Waals surface area contributed by atoms with Crippen LogP contribution in [-0.2, 0) is 9.59 Å². The summed E-state index contributed by atoms with van der Waals surface area (Å²) in [4.78, 5) is 33.8. The molecule has 186 valence electrons. The average Bonchev–Trinajstić information content (AvgIpc) is 3.35. The van der Waals surface area contributed by atoms with E-state index < -0.39 is 0 Å². The van der Waals surface area contributed by atoms with Crippen molar-refractivity contribution in [3.05, 3.63) is 77.1 Å². The number of nitro groups is 1. The van der Waals surface area contributed by atoms with Crippen LogP contribution in [0.5, 0.6) is 11.6 Å². The van der Waals surface area contributed by atoms with Gasteiger partial charge in [0, 0.05) is 30.4 Å². The number of hydrogen-bond acceptors (Lipinski definition) is 9. The molecule has 1 aliphatic heterocycles. The molecule has 3 heterocycles. The van der Waals surface area contributed by atoms with E-state index in [1.165, 1.54) is 6.07 Å². The van der Waals surface area contributed by atoms with Crippen molar-refractivity contribution >= 4 is 30.6 Å². The highest BCUT2D eigenvalue weighted by Crippen LogP contribution is 2.29. The largest absolute Gasteiger partial charge is 0.492 e. The van der Waals surface area contributed by atoms with E-state index in [4.69, 9.17) is 19.1 Å². The summed E-state index contributed by atoms with van der Waals surface area (Å²) in [5.41, 5.74) is 3.18. The predicted molar refractivity (Wildman–Crippen MR) is 134 cm³/mol. The number of carbonyl (C=O) groups is 2. The zero-order valence-electron chi connectivity index (χ0n) is 19.5. The van der Waals surface area contributed by atoms with Crippen molar-refractivity contribution in [1.82, 2.24) is 14.6 Å². The molecule has 0 fully saturated rings. The Hall–Kier alpha value is -4.80. The van der Waals surface area contributed by atoms with E-state index in [1.807, 2.05) is 48.9 Å². The Morgan fingerprint density at radius 1 is 0.944 bits per heavy atom. The third kappa shape index (κ3) is 5.81. The number of benzene rings is 2. The fourth-order valence-electron chi connectivity index (χ4n) is 3.83. The number of para-hydroxylation sites is 2. The van der Waals surface area contributed by atoms with Crippen LogP contribution in [0.2, 0.25) is 0 Å². The highest BCUT2D eigenvalue weighted by molar-refractivity contribution is 5.77. The second-order valence-electron chi connectivity index (χ2n) is 7.40. The van der Waals surface area contributed by atoms with Crippen LogP contribution < -0.4 is 14.4 Å². The SMILES string of the molecule is C=O.C=O.O=[N+]([O-])c1ccccc1N1CCCOc2ccn3ncc(c3n2)-c2cccc(c2)OCC1. The van der Waals surface area contributed by atoms with Crippen LogP contribution in [0.4, 0.5) is 11.4 Å². The van der Waals surface area contributed by atoms with Gasteiger partial charge in [0.05, 0.1) is 24.3 Å². The van der Waals surface area contributed by atoms with Crippen LogP contribution >= 0.6 is 0 Å². The van der Waals surface area contributed by atoms with Crippen molar-refractivity contribution in [3.8, 4) is 22.8 Å². The van der Waals surface area contributed by atoms with Gasteiger partial charge in [-0.1, -0.05) is 24.3 Å². The lowest BCUT2D eigenvalue weighted by molar-refractivity contribution is -0.384. The first-order chi connectivity index (χ1) is 17.7. The summed E-state index contributed by atoms with van der Waals surface area (Å²) in [7, 11) is 0. The number of carbonyl (C=O) groups excluding carboxylic acids is 2. The molecule has 11 heteroatoms. The Morgan fingerprint density at radius 3 is 2.56 bits per heavy atom. The number of rotatable bonds is 2. The third-order valence-electron chi connectivity index (χ3n) is 5.36. The van der Waals surface area contributed by atoms with Crippen molar-refractivity contribution in [2.24, 2.45) is 0 Å². The molecule has 0 unspecified atom stereocenters. The highest BCUT2D eigenvalue weighted by Gasteiger charge is 2.19. The minimum atomic E-state index is -0.353. The molecule has 0 saturated carbocycles. The second kappa shape index (κ2) is 12.6. The molecule has 11 nitrogen and oxygen atoms in total. The Labute approximate surface area is 207 Å². The van der Waals surface area contributed by atoms with Crippen LogP contribution in [0.25, 0.3) is 16.8 Å². The smallest absolute Gasteiger partial charge is 0.292 e. The standard InChI is InChI=1S/C23H21N5O4.2CH2O/c29-28(30)21-8-2-1-7-20(21)26-10-4-13-32-22-9-11-27-23(25-22)19(16-24-27)17-5-3-6-18(15-17)31-14-12-26;2*1-2/h1-3,5-9,11,15-16H,4,10,12-14H2;2*1H2. The number of anilines is 1. The van der Waals surface area contributed by atoms with Gasteiger partial charge in [-0.3, -0.25) is 10.1 Å². The summed E-state index contributed by atoms with van der Waals surface area (Å²) >= 11 is 0. The molecular formula is C25H25N5O6. The first-order valence-corrected chi connectivity index (χ1v) is 11.0. The lowest BCUT2D eigenvalue weighted by Crippen LogP contribution is -2.31. The van der Waals surface area contributed by atoms with E-state index in [9.17, 15) is 10.1 Å². The van der Waals surface area contributed by atoms with Crippen LogP contribution in [0.15, 0.2) is 67.0 Å². The molecule has 0 radical (unpaired) electrons. The molecule has 0 spiro atoms. The molecule has 5 rings (SSSR count). The molecule has 0 aliphatic carbocycles. The molecule has 2 aromatic carbocycles. The van der Waals surface area contributed by atoms with Gasteiger partial charge >= 0.3 is 0 Å². The Kier molecular flexibility index (Phi) is 9.04. The van der Waals surface area contributed by atoms with E-state index in [0.717, 1.165) is 11.1 Å². The van der Waals surface area contributed by atoms with E-state index >= 15 is 0 Å². The van der Waals surface area contributed by atoms with Gasteiger partial charge in [-0.2, -0.15) is 10.1 Å². The minimum absolute atomic E-state index is 0.0768. The van der Waals surface area contributed by atoms with Crippen molar-refractivity contribution in [2.75, 3.05) is 31.2 Å². The van der Waals surface area contributed by atoms with Gasteiger partial charge in [0.25, 0.3) is 5.69 Å². The first-order valence-electron chi connectivity index (χ1n) is 11.0. The number of nitro benzene ring substituents is 1. The van der Waals surface area contributed by atoms with Crippen LogP contribution in [0.1, 0.15) is 6.42 Å². The zero-order valence-corrected chi connectivity index (χ0v) is 19.5. The summed E-state index contributed by atoms with van der Waals surface area (Å²) < 4.78 is 13.6. The molecule has 4 aromatic rings. The van der Waals surface area contributed by atoms with Gasteiger partial charge in [0.2, 0.25) is 5.88 Å². The van der Waals surface area contributed by atoms with Crippen molar-refractivity contribution in [2.45, 2.75) is 6.42 Å². The van der Waals surface area contributed by atoms with Gasteiger partial charge in [-0.05, 0) is 30.2 Å². The van der Waals surface area contributed by atoms with Crippen molar-refractivity contribution < 1.29 is 24.0 Å². The van der Waals surface area contributed by atoms with E-state index in [1.54, 1.807) is 35.0 Å². The summed E-state index contributed by atoms with van der Waals surface area (Å²) in [6.45, 7) is 5.89. The molecule has 0 N–H and O–H groups in total. The molecule has 0 atom stereocenters. The van der Waals surface area contributed by atoms with Crippen molar-refractivity contribution in [3.63, 3.8) is 0 Å². The van der Waals surface area contributed by atoms with Gasteiger partial charge in [0.1, 0.15) is 31.6 Å². The maximum Gasteiger partial charge on any atom is 0.292 e. The molecule has 0 amide bonds. The fourth-order valence-corrected chi connectivity index (χ4v) is 3.83. The quantitative estimate of drug-likeness (QED) is 0.305. The highest BCUT2D eigenvalue weighted by atomic mass is 16.6. The van der Waals surface area contributed by atoms with Crippen LogP contribution in [-0.4, -0.2) is 59.4 Å². The van der Waals surface area contributed by atoms with Crippen molar-refractivity contribution in [1.29, 1.82) is 0 Å². The summed E-state index contributed by atoms with van der Waals surface area (Å²) in [6, 6.07) is 16.3. The topological polar surface area (TPSA) is 129 Å². The molecule has 4 bridgehead atoms. The monoisotopic (exact) mass is 491 g/mol. The number of nitrogens with zero attached hydrogens (tertiary/aromatic N) is 5. The third-order valence-corrected chi connectivity index (χ3v) is 5.36. The maximum atomic E-state index is 11.5. The lowest BCUT2D eigenvalue weighted by Gasteiger charge is -2.24. The Bertz CT molecular complexity index is 1310. The number of hydrogen-bond donors (Lipinski definition) is 0. The summed E-state index contributed by atoms with van der Waals surface area (Å²) in [5.74, 6) is 1.23.